The van der Waals surface area contributed by atoms with Gasteiger partial charge in [0, 0.05) is 12.3 Å². The van der Waals surface area contributed by atoms with E-state index >= 15 is 0 Å². The zero-order valence-electron chi connectivity index (χ0n) is 12.9. The summed E-state index contributed by atoms with van der Waals surface area (Å²) < 4.78 is 9.99. The van der Waals surface area contributed by atoms with E-state index in [1.54, 1.807) is 19.1 Å². The molecule has 0 saturated carbocycles. The van der Waals surface area contributed by atoms with Crippen molar-refractivity contribution in [3.63, 3.8) is 0 Å². The van der Waals surface area contributed by atoms with Crippen LogP contribution in [0.4, 0.5) is 0 Å². The molecule has 0 aliphatic rings. The minimum absolute atomic E-state index is 0.365. The summed E-state index contributed by atoms with van der Waals surface area (Å²) in [5, 5.41) is 2.72. The van der Waals surface area contributed by atoms with Crippen LogP contribution in [-0.4, -0.2) is 36.1 Å². The Kier molecular flexibility index (Phi) is 6.14. The number of nitrogens with zero attached hydrogens (tertiary/aromatic N) is 1. The molecule has 6 heteroatoms. The van der Waals surface area contributed by atoms with Crippen LogP contribution >= 0.6 is 0 Å². The molecule has 116 valence electrons. The Hall–Kier alpha value is -2.11. The van der Waals surface area contributed by atoms with E-state index in [4.69, 9.17) is 9.47 Å². The number of hydrogen-bond acceptors (Lipinski definition) is 5. The van der Waals surface area contributed by atoms with Gasteiger partial charge in [0.25, 0.3) is 5.91 Å². The van der Waals surface area contributed by atoms with Gasteiger partial charge in [0.05, 0.1) is 19.3 Å². The molecule has 0 radical (unpaired) electrons. The molecule has 0 fully saturated rings. The number of nitrogens with one attached hydrogen (secondary N) is 1. The highest BCUT2D eigenvalue weighted by atomic mass is 16.5. The monoisotopic (exact) mass is 294 g/mol. The molecule has 21 heavy (non-hydrogen) atoms. The molecule has 0 aliphatic carbocycles. The minimum Gasteiger partial charge on any atom is -0.478 e. The molecule has 1 heterocycles. The second-order valence-electron chi connectivity index (χ2n) is 4.85. The molecule has 1 amide bonds. The zero-order chi connectivity index (χ0) is 15.9. The van der Waals surface area contributed by atoms with Crippen LogP contribution in [0.3, 0.4) is 0 Å². The Labute approximate surface area is 124 Å². The van der Waals surface area contributed by atoms with Crippen molar-refractivity contribution in [2.45, 2.75) is 39.2 Å². The molecule has 1 rings (SSSR count). The Morgan fingerprint density at radius 2 is 2.05 bits per heavy atom. The van der Waals surface area contributed by atoms with Crippen molar-refractivity contribution in [3.05, 3.63) is 23.9 Å². The predicted molar refractivity (Wildman–Crippen MR) is 78.2 cm³/mol. The van der Waals surface area contributed by atoms with Gasteiger partial charge in [0.15, 0.2) is 0 Å². The summed E-state index contributed by atoms with van der Waals surface area (Å²) in [5.41, 5.74) is -0.677. The third kappa shape index (κ3) is 4.44. The van der Waals surface area contributed by atoms with Crippen molar-refractivity contribution >= 4 is 11.9 Å². The molecule has 0 bridgehead atoms. The first-order valence-electron chi connectivity index (χ1n) is 6.96. The smallest absolute Gasteiger partial charge is 0.331 e. The van der Waals surface area contributed by atoms with Gasteiger partial charge in [-0.3, -0.25) is 4.79 Å². The Morgan fingerprint density at radius 1 is 1.33 bits per heavy atom. The average Bonchev–Trinajstić information content (AvgIpc) is 2.47. The highest BCUT2D eigenvalue weighted by molar-refractivity contribution is 5.97. The first-order valence-corrected chi connectivity index (χ1v) is 6.96. The van der Waals surface area contributed by atoms with Gasteiger partial charge < -0.3 is 14.8 Å². The van der Waals surface area contributed by atoms with Crippen LogP contribution in [-0.2, 0) is 9.53 Å². The van der Waals surface area contributed by atoms with Crippen LogP contribution in [0.15, 0.2) is 18.3 Å². The van der Waals surface area contributed by atoms with Gasteiger partial charge in [-0.2, -0.15) is 0 Å². The summed E-state index contributed by atoms with van der Waals surface area (Å²) in [5.74, 6) is -0.373. The SMILES string of the molecule is CCCC(C)(NC(=O)c1ccc(OCC)nc1)C(=O)OC. The van der Waals surface area contributed by atoms with Gasteiger partial charge in [-0.15, -0.1) is 0 Å². The maximum absolute atomic E-state index is 12.2. The molecule has 1 atom stereocenters. The first kappa shape index (κ1) is 16.9. The minimum atomic E-state index is -1.04. The molecular formula is C15H22N2O4. The first-order chi connectivity index (χ1) is 9.96. The van der Waals surface area contributed by atoms with Crippen LogP contribution in [0.1, 0.15) is 44.0 Å². The van der Waals surface area contributed by atoms with Crippen LogP contribution in [0.2, 0.25) is 0 Å². The summed E-state index contributed by atoms with van der Waals surface area (Å²) >= 11 is 0. The molecule has 0 saturated heterocycles. The molecule has 1 aromatic heterocycles. The highest BCUT2D eigenvalue weighted by Gasteiger charge is 2.35. The fourth-order valence-corrected chi connectivity index (χ4v) is 2.01. The lowest BCUT2D eigenvalue weighted by Gasteiger charge is -2.27. The van der Waals surface area contributed by atoms with Crippen molar-refractivity contribution in [1.29, 1.82) is 0 Å². The van der Waals surface area contributed by atoms with Gasteiger partial charge in [0.2, 0.25) is 5.88 Å². The Bertz CT molecular complexity index is 487. The molecule has 0 aromatic carbocycles. The topological polar surface area (TPSA) is 77.5 Å². The van der Waals surface area contributed by atoms with Crippen molar-refractivity contribution in [3.8, 4) is 5.88 Å². The fraction of sp³-hybridized carbons (Fsp3) is 0.533. The summed E-state index contributed by atoms with van der Waals surface area (Å²) in [4.78, 5) is 28.1. The molecule has 1 unspecified atom stereocenters. The van der Waals surface area contributed by atoms with Crippen LogP contribution in [0, 0.1) is 0 Å². The third-order valence-electron chi connectivity index (χ3n) is 3.07. The number of ether oxygens (including phenoxy) is 2. The van der Waals surface area contributed by atoms with E-state index in [9.17, 15) is 9.59 Å². The van der Waals surface area contributed by atoms with Crippen LogP contribution < -0.4 is 10.1 Å². The van der Waals surface area contributed by atoms with E-state index in [0.29, 0.717) is 24.5 Å². The summed E-state index contributed by atoms with van der Waals surface area (Å²) in [6, 6.07) is 3.23. The number of hydrogen-bond donors (Lipinski definition) is 1. The number of amides is 1. The quantitative estimate of drug-likeness (QED) is 0.778. The van der Waals surface area contributed by atoms with Crippen molar-refractivity contribution in [2.24, 2.45) is 0 Å². The summed E-state index contributed by atoms with van der Waals surface area (Å²) in [6.45, 7) is 5.96. The Morgan fingerprint density at radius 3 is 2.52 bits per heavy atom. The molecule has 1 aromatic rings. The second-order valence-corrected chi connectivity index (χ2v) is 4.85. The van der Waals surface area contributed by atoms with Gasteiger partial charge >= 0.3 is 5.97 Å². The van der Waals surface area contributed by atoms with Gasteiger partial charge in [-0.25, -0.2) is 9.78 Å². The third-order valence-corrected chi connectivity index (χ3v) is 3.07. The van der Waals surface area contributed by atoms with E-state index in [-0.39, 0.29) is 5.91 Å². The van der Waals surface area contributed by atoms with Crippen molar-refractivity contribution < 1.29 is 19.1 Å². The number of aromatic nitrogens is 1. The standard InChI is InChI=1S/C15H22N2O4/c1-5-9-15(3,14(19)20-4)17-13(18)11-7-8-12(16-10-11)21-6-2/h7-8,10H,5-6,9H2,1-4H3,(H,17,18). The van der Waals surface area contributed by atoms with E-state index < -0.39 is 11.5 Å². The van der Waals surface area contributed by atoms with E-state index in [2.05, 4.69) is 10.3 Å². The summed E-state index contributed by atoms with van der Waals surface area (Å²) in [6.07, 6.45) is 2.66. The van der Waals surface area contributed by atoms with Crippen LogP contribution in [0.25, 0.3) is 0 Å². The molecule has 6 nitrogen and oxygen atoms in total. The molecule has 0 aliphatic heterocycles. The maximum atomic E-state index is 12.2. The summed E-state index contributed by atoms with van der Waals surface area (Å²) in [7, 11) is 1.31. The van der Waals surface area contributed by atoms with Crippen molar-refractivity contribution in [2.75, 3.05) is 13.7 Å². The number of carbonyl (C=O) groups excluding carboxylic acids is 2. The van der Waals surface area contributed by atoms with Gasteiger partial charge in [0.1, 0.15) is 5.54 Å². The second kappa shape index (κ2) is 7.61. The van der Waals surface area contributed by atoms with Gasteiger partial charge in [-0.05, 0) is 26.3 Å². The Balaban J connectivity index is 2.84. The highest BCUT2D eigenvalue weighted by Crippen LogP contribution is 2.16. The van der Waals surface area contributed by atoms with E-state index in [1.807, 2.05) is 13.8 Å². The largest absolute Gasteiger partial charge is 0.478 e. The fourth-order valence-electron chi connectivity index (χ4n) is 2.01. The lowest BCUT2D eigenvalue weighted by Crippen LogP contribution is -2.52. The number of pyridine rings is 1. The van der Waals surface area contributed by atoms with Crippen LogP contribution in [0.5, 0.6) is 5.88 Å². The molecular weight excluding hydrogens is 272 g/mol. The normalized spacial score (nSPS) is 13.1. The predicted octanol–water partition coefficient (Wildman–Crippen LogP) is 1.94. The molecule has 1 N–H and O–H groups in total. The lowest BCUT2D eigenvalue weighted by atomic mass is 9.95. The number of rotatable bonds is 7. The van der Waals surface area contributed by atoms with Gasteiger partial charge in [-0.1, -0.05) is 13.3 Å². The number of carbonyl (C=O) groups is 2. The maximum Gasteiger partial charge on any atom is 0.331 e. The number of esters is 1. The zero-order valence-corrected chi connectivity index (χ0v) is 12.9. The van der Waals surface area contributed by atoms with Crippen molar-refractivity contribution in [1.82, 2.24) is 10.3 Å². The van der Waals surface area contributed by atoms with E-state index in [1.165, 1.54) is 13.3 Å². The molecule has 0 spiro atoms. The van der Waals surface area contributed by atoms with E-state index in [0.717, 1.165) is 6.42 Å². The average molecular weight is 294 g/mol. The lowest BCUT2D eigenvalue weighted by molar-refractivity contribution is -0.147. The number of methoxy groups -OCH3 is 1.